The second-order valence-corrected chi connectivity index (χ2v) is 4.67. The van der Waals surface area contributed by atoms with E-state index in [0.29, 0.717) is 4.47 Å². The van der Waals surface area contributed by atoms with Crippen LogP contribution in [0.3, 0.4) is 0 Å². The monoisotopic (exact) mass is 297 g/mol. The molecule has 1 aromatic rings. The topological polar surface area (TPSA) is 85.7 Å². The number of ether oxygens (including phenoxy) is 2. The van der Waals surface area contributed by atoms with E-state index in [-0.39, 0.29) is 11.6 Å². The fourth-order valence-electron chi connectivity index (χ4n) is 1.00. The summed E-state index contributed by atoms with van der Waals surface area (Å²) in [6, 6.07) is 0. The van der Waals surface area contributed by atoms with E-state index in [1.807, 2.05) is 0 Å². The number of halogens is 1. The molecule has 0 fully saturated rings. The Morgan fingerprint density at radius 2 is 2.00 bits per heavy atom. The van der Waals surface area contributed by atoms with E-state index in [9.17, 15) is 8.42 Å². The van der Waals surface area contributed by atoms with Crippen LogP contribution in [0.4, 0.5) is 0 Å². The zero-order valence-electron chi connectivity index (χ0n) is 7.89. The van der Waals surface area contributed by atoms with Gasteiger partial charge in [-0.3, -0.25) is 4.55 Å². The summed E-state index contributed by atoms with van der Waals surface area (Å²) in [7, 11) is -1.94. The highest BCUT2D eigenvalue weighted by molar-refractivity contribution is 9.10. The van der Waals surface area contributed by atoms with Crippen LogP contribution in [-0.4, -0.2) is 32.2 Å². The van der Waals surface area contributed by atoms with Crippen LogP contribution in [0.25, 0.3) is 0 Å². The van der Waals surface area contributed by atoms with E-state index in [1.54, 1.807) is 0 Å². The highest BCUT2D eigenvalue weighted by Crippen LogP contribution is 2.36. The summed E-state index contributed by atoms with van der Waals surface area (Å²) in [4.78, 5) is 3.19. The van der Waals surface area contributed by atoms with Crippen LogP contribution in [0.15, 0.2) is 15.6 Å². The maximum atomic E-state index is 11.1. The lowest BCUT2D eigenvalue weighted by molar-refractivity contribution is 0.354. The summed E-state index contributed by atoms with van der Waals surface area (Å²) < 4.78 is 41.0. The van der Waals surface area contributed by atoms with Gasteiger partial charge in [-0.15, -0.1) is 0 Å². The molecule has 0 aromatic carbocycles. The Hall–Kier alpha value is -0.860. The minimum absolute atomic E-state index is 0.0515. The van der Waals surface area contributed by atoms with Gasteiger partial charge in [0.2, 0.25) is 5.88 Å². The van der Waals surface area contributed by atoms with Crippen LogP contribution in [0, 0.1) is 0 Å². The maximum Gasteiger partial charge on any atom is 0.303 e. The third kappa shape index (κ3) is 2.39. The van der Waals surface area contributed by atoms with Crippen molar-refractivity contribution in [2.45, 2.75) is 4.90 Å². The third-order valence-electron chi connectivity index (χ3n) is 1.57. The van der Waals surface area contributed by atoms with Crippen molar-refractivity contribution >= 4 is 26.0 Å². The van der Waals surface area contributed by atoms with Gasteiger partial charge in [-0.25, -0.2) is 4.98 Å². The fraction of sp³-hybridized carbons (Fsp3) is 0.286. The van der Waals surface area contributed by atoms with Gasteiger partial charge in [0.1, 0.15) is 0 Å². The van der Waals surface area contributed by atoms with E-state index in [1.165, 1.54) is 20.4 Å². The third-order valence-corrected chi connectivity index (χ3v) is 3.01. The maximum absolute atomic E-state index is 11.1. The van der Waals surface area contributed by atoms with Gasteiger partial charge in [-0.1, -0.05) is 0 Å². The van der Waals surface area contributed by atoms with Crippen molar-refractivity contribution in [3.8, 4) is 11.6 Å². The molecule has 84 valence electrons. The molecular formula is C7H8BrNO5S. The minimum atomic E-state index is -4.45. The summed E-state index contributed by atoms with van der Waals surface area (Å²) in [6.45, 7) is 0. The standard InChI is InChI=1S/C7H8BrNO5S/c1-13-5-4(8)3-9-7(14-2)6(5)15(10,11)12/h3H,1-2H3,(H,10,11,12). The zero-order chi connectivity index (χ0) is 11.6. The zero-order valence-corrected chi connectivity index (χ0v) is 10.3. The molecule has 0 saturated carbocycles. The first kappa shape index (κ1) is 12.2. The van der Waals surface area contributed by atoms with E-state index in [0.717, 1.165) is 0 Å². The van der Waals surface area contributed by atoms with Gasteiger partial charge in [0, 0.05) is 6.20 Å². The van der Waals surface area contributed by atoms with Gasteiger partial charge in [-0.2, -0.15) is 8.42 Å². The average molecular weight is 298 g/mol. The van der Waals surface area contributed by atoms with Gasteiger partial charge >= 0.3 is 10.1 Å². The first-order valence-corrected chi connectivity index (χ1v) is 5.89. The number of aromatic nitrogens is 1. The van der Waals surface area contributed by atoms with Crippen LogP contribution in [0.2, 0.25) is 0 Å². The van der Waals surface area contributed by atoms with Gasteiger partial charge in [0.15, 0.2) is 10.6 Å². The molecule has 1 heterocycles. The second kappa shape index (κ2) is 4.33. The number of methoxy groups -OCH3 is 2. The Kier molecular flexibility index (Phi) is 3.53. The lowest BCUT2D eigenvalue weighted by atomic mass is 10.4. The molecule has 0 atom stereocenters. The molecular weight excluding hydrogens is 290 g/mol. The van der Waals surface area contributed by atoms with E-state index >= 15 is 0 Å². The van der Waals surface area contributed by atoms with Gasteiger partial charge < -0.3 is 9.47 Å². The molecule has 15 heavy (non-hydrogen) atoms. The summed E-state index contributed by atoms with van der Waals surface area (Å²) in [5.41, 5.74) is 0. The summed E-state index contributed by atoms with van der Waals surface area (Å²) in [5, 5.41) is 0. The molecule has 0 saturated heterocycles. The minimum Gasteiger partial charge on any atom is -0.494 e. The van der Waals surface area contributed by atoms with E-state index < -0.39 is 15.0 Å². The summed E-state index contributed by atoms with van der Waals surface area (Å²) in [6.07, 6.45) is 1.31. The Bertz CT molecular complexity index is 473. The van der Waals surface area contributed by atoms with E-state index in [4.69, 9.17) is 14.0 Å². The van der Waals surface area contributed by atoms with E-state index in [2.05, 4.69) is 20.9 Å². The predicted octanol–water partition coefficient (Wildman–Crippen LogP) is 1.11. The van der Waals surface area contributed by atoms with Crippen LogP contribution in [0.5, 0.6) is 11.6 Å². The lowest BCUT2D eigenvalue weighted by Crippen LogP contribution is -2.06. The molecule has 0 aliphatic carbocycles. The summed E-state index contributed by atoms with van der Waals surface area (Å²) >= 11 is 3.04. The normalized spacial score (nSPS) is 11.2. The number of nitrogens with zero attached hydrogens (tertiary/aromatic N) is 1. The van der Waals surface area contributed by atoms with Crippen LogP contribution in [0.1, 0.15) is 0 Å². The molecule has 0 bridgehead atoms. The molecule has 0 aliphatic heterocycles. The molecule has 1 aromatic heterocycles. The van der Waals surface area contributed by atoms with Crippen LogP contribution >= 0.6 is 15.9 Å². The number of pyridine rings is 1. The Morgan fingerprint density at radius 3 is 2.40 bits per heavy atom. The van der Waals surface area contributed by atoms with Crippen molar-refractivity contribution in [2.24, 2.45) is 0 Å². The molecule has 0 spiro atoms. The first-order valence-electron chi connectivity index (χ1n) is 3.65. The Morgan fingerprint density at radius 1 is 1.40 bits per heavy atom. The molecule has 0 radical (unpaired) electrons. The number of rotatable bonds is 3. The molecule has 1 N–H and O–H groups in total. The molecule has 1 rings (SSSR count). The molecule has 0 amide bonds. The molecule has 0 unspecified atom stereocenters. The van der Waals surface area contributed by atoms with Crippen molar-refractivity contribution in [3.63, 3.8) is 0 Å². The Balaban J connectivity index is 3.63. The largest absolute Gasteiger partial charge is 0.494 e. The van der Waals surface area contributed by atoms with Crippen molar-refractivity contribution in [1.82, 2.24) is 4.98 Å². The quantitative estimate of drug-likeness (QED) is 0.841. The van der Waals surface area contributed by atoms with Crippen molar-refractivity contribution in [2.75, 3.05) is 14.2 Å². The highest BCUT2D eigenvalue weighted by Gasteiger charge is 2.25. The van der Waals surface area contributed by atoms with Crippen LogP contribution < -0.4 is 9.47 Å². The van der Waals surface area contributed by atoms with Gasteiger partial charge in [0.25, 0.3) is 0 Å². The molecule has 8 heteroatoms. The molecule has 0 aliphatic rings. The van der Waals surface area contributed by atoms with Gasteiger partial charge in [0.05, 0.1) is 18.7 Å². The van der Waals surface area contributed by atoms with Crippen molar-refractivity contribution < 1.29 is 22.4 Å². The predicted molar refractivity (Wildman–Crippen MR) is 54.9 cm³/mol. The number of hydrogen-bond acceptors (Lipinski definition) is 5. The SMILES string of the molecule is COc1ncc(Br)c(OC)c1S(=O)(=O)O. The number of hydrogen-bond donors (Lipinski definition) is 1. The average Bonchev–Trinajstić information content (AvgIpc) is 2.15. The highest BCUT2D eigenvalue weighted by atomic mass is 79.9. The molecule has 6 nitrogen and oxygen atoms in total. The Labute approximate surface area is 95.1 Å². The van der Waals surface area contributed by atoms with Crippen molar-refractivity contribution in [3.05, 3.63) is 10.7 Å². The first-order chi connectivity index (χ1) is 6.91. The second-order valence-electron chi connectivity index (χ2n) is 2.45. The van der Waals surface area contributed by atoms with Crippen molar-refractivity contribution in [1.29, 1.82) is 0 Å². The summed E-state index contributed by atoms with van der Waals surface area (Å²) in [5.74, 6) is -0.276. The fourth-order valence-corrected chi connectivity index (χ4v) is 2.38. The smallest absolute Gasteiger partial charge is 0.303 e. The van der Waals surface area contributed by atoms with Gasteiger partial charge in [-0.05, 0) is 15.9 Å². The lowest BCUT2D eigenvalue weighted by Gasteiger charge is -2.10. The van der Waals surface area contributed by atoms with Crippen LogP contribution in [-0.2, 0) is 10.1 Å².